The summed E-state index contributed by atoms with van der Waals surface area (Å²) in [6.45, 7) is 6.84. The maximum atomic E-state index is 13.0. The van der Waals surface area contributed by atoms with Crippen molar-refractivity contribution in [2.24, 2.45) is 5.92 Å². The number of halogens is 1. The summed E-state index contributed by atoms with van der Waals surface area (Å²) < 4.78 is 15.0. The Balaban J connectivity index is 1.76. The maximum absolute atomic E-state index is 13.0. The molecule has 0 aliphatic carbocycles. The van der Waals surface area contributed by atoms with Gasteiger partial charge in [0.05, 0.1) is 6.54 Å². The molecule has 7 heteroatoms. The molecule has 1 heterocycles. The molecule has 0 saturated heterocycles. The molecule has 3 N–H and O–H groups in total. The summed E-state index contributed by atoms with van der Waals surface area (Å²) in [5.41, 5.74) is -0.733. The molecule has 2 unspecified atom stereocenters. The van der Waals surface area contributed by atoms with Crippen LogP contribution >= 0.6 is 0 Å². The number of nitrogens with zero attached hydrogens (tertiary/aromatic N) is 2. The van der Waals surface area contributed by atoms with Crippen LogP contribution in [-0.2, 0) is 12.1 Å². The van der Waals surface area contributed by atoms with E-state index in [0.29, 0.717) is 12.1 Å². The highest BCUT2D eigenvalue weighted by molar-refractivity contribution is 5.73. The Kier molecular flexibility index (Phi) is 6.14. The second kappa shape index (κ2) is 8.11. The van der Waals surface area contributed by atoms with Gasteiger partial charge < -0.3 is 20.3 Å². The van der Waals surface area contributed by atoms with Crippen LogP contribution in [-0.4, -0.2) is 33.8 Å². The number of carbonyl (C=O) groups is 1. The number of hydrogen-bond donors (Lipinski definition) is 3. The number of carbonyl (C=O) groups excluding carboxylic acids is 1. The molecule has 136 valence electrons. The first-order valence-corrected chi connectivity index (χ1v) is 8.26. The maximum Gasteiger partial charge on any atom is 0.314 e. The Labute approximate surface area is 147 Å². The normalized spacial score (nSPS) is 14.6. The average molecular weight is 348 g/mol. The van der Waals surface area contributed by atoms with Gasteiger partial charge in [-0.2, -0.15) is 0 Å². The van der Waals surface area contributed by atoms with E-state index < -0.39 is 5.60 Å². The lowest BCUT2D eigenvalue weighted by Gasteiger charge is -2.24. The van der Waals surface area contributed by atoms with E-state index in [1.165, 1.54) is 24.3 Å². The van der Waals surface area contributed by atoms with Crippen LogP contribution in [0.25, 0.3) is 0 Å². The van der Waals surface area contributed by atoms with Crippen LogP contribution in [0.5, 0.6) is 0 Å². The molecular weight excluding hydrogens is 323 g/mol. The largest absolute Gasteiger partial charge is 0.384 e. The van der Waals surface area contributed by atoms with E-state index in [9.17, 15) is 14.3 Å². The molecular formula is C18H25FN4O2. The Morgan fingerprint density at radius 1 is 1.36 bits per heavy atom. The molecule has 2 atom stereocenters. The minimum atomic E-state index is -1.27. The van der Waals surface area contributed by atoms with E-state index >= 15 is 0 Å². The van der Waals surface area contributed by atoms with E-state index in [4.69, 9.17) is 0 Å². The molecule has 0 saturated carbocycles. The van der Waals surface area contributed by atoms with Crippen LogP contribution in [0.2, 0.25) is 0 Å². The summed E-state index contributed by atoms with van der Waals surface area (Å²) in [7, 11) is 0. The third kappa shape index (κ3) is 5.56. The fourth-order valence-corrected chi connectivity index (χ4v) is 2.49. The first-order chi connectivity index (χ1) is 11.8. The SMILES string of the molecule is Cc1nccn1CC(C)CNC(=O)NCC(C)(O)c1ccc(F)cc1. The minimum Gasteiger partial charge on any atom is -0.384 e. The van der Waals surface area contributed by atoms with Gasteiger partial charge in [-0.3, -0.25) is 0 Å². The highest BCUT2D eigenvalue weighted by Crippen LogP contribution is 2.19. The molecule has 0 radical (unpaired) electrons. The van der Waals surface area contributed by atoms with E-state index in [2.05, 4.69) is 15.6 Å². The van der Waals surface area contributed by atoms with Gasteiger partial charge in [0.1, 0.15) is 17.2 Å². The van der Waals surface area contributed by atoms with Crippen molar-refractivity contribution in [1.29, 1.82) is 0 Å². The van der Waals surface area contributed by atoms with E-state index in [-0.39, 0.29) is 24.3 Å². The summed E-state index contributed by atoms with van der Waals surface area (Å²) in [6, 6.07) is 5.22. The number of rotatable bonds is 7. The van der Waals surface area contributed by atoms with E-state index in [1.807, 2.05) is 24.6 Å². The number of aliphatic hydroxyl groups is 1. The summed E-state index contributed by atoms with van der Waals surface area (Å²) in [4.78, 5) is 16.1. The second-order valence-corrected chi connectivity index (χ2v) is 6.58. The second-order valence-electron chi connectivity index (χ2n) is 6.58. The zero-order valence-electron chi connectivity index (χ0n) is 14.8. The molecule has 0 aliphatic heterocycles. The lowest BCUT2D eigenvalue weighted by molar-refractivity contribution is 0.0593. The van der Waals surface area contributed by atoms with Gasteiger partial charge in [-0.1, -0.05) is 19.1 Å². The topological polar surface area (TPSA) is 79.2 Å². The highest BCUT2D eigenvalue weighted by atomic mass is 19.1. The minimum absolute atomic E-state index is 0.0273. The summed E-state index contributed by atoms with van der Waals surface area (Å²) >= 11 is 0. The Morgan fingerprint density at radius 3 is 2.64 bits per heavy atom. The zero-order valence-corrected chi connectivity index (χ0v) is 14.8. The van der Waals surface area contributed by atoms with Gasteiger partial charge in [-0.15, -0.1) is 0 Å². The van der Waals surface area contributed by atoms with Gasteiger partial charge in [-0.25, -0.2) is 14.2 Å². The predicted octanol–water partition coefficient (Wildman–Crippen LogP) is 2.17. The summed E-state index contributed by atoms with van der Waals surface area (Å²) in [5.74, 6) is 0.801. The van der Waals surface area contributed by atoms with Gasteiger partial charge in [0.2, 0.25) is 0 Å². The molecule has 2 aromatic rings. The number of amides is 2. The number of hydrogen-bond acceptors (Lipinski definition) is 3. The molecule has 1 aromatic heterocycles. The lowest BCUT2D eigenvalue weighted by atomic mass is 9.96. The molecule has 25 heavy (non-hydrogen) atoms. The van der Waals surface area contributed by atoms with Crippen LogP contribution < -0.4 is 10.6 Å². The monoisotopic (exact) mass is 348 g/mol. The van der Waals surface area contributed by atoms with Gasteiger partial charge in [-0.05, 0) is 37.5 Å². The van der Waals surface area contributed by atoms with Crippen LogP contribution in [0.1, 0.15) is 25.2 Å². The van der Waals surface area contributed by atoms with Crippen LogP contribution in [0.15, 0.2) is 36.7 Å². The molecule has 0 aliphatic rings. The van der Waals surface area contributed by atoms with Crippen molar-refractivity contribution in [2.75, 3.05) is 13.1 Å². The van der Waals surface area contributed by atoms with Crippen molar-refractivity contribution in [3.8, 4) is 0 Å². The van der Waals surface area contributed by atoms with Gasteiger partial charge in [0.15, 0.2) is 0 Å². The van der Waals surface area contributed by atoms with Crippen molar-refractivity contribution < 1.29 is 14.3 Å². The molecule has 2 rings (SSSR count). The third-order valence-electron chi connectivity index (χ3n) is 4.10. The van der Waals surface area contributed by atoms with Crippen LogP contribution in [0.3, 0.4) is 0 Å². The van der Waals surface area contributed by atoms with Crippen molar-refractivity contribution in [1.82, 2.24) is 20.2 Å². The zero-order chi connectivity index (χ0) is 18.4. The molecule has 0 spiro atoms. The van der Waals surface area contributed by atoms with Gasteiger partial charge >= 0.3 is 6.03 Å². The van der Waals surface area contributed by atoms with Crippen LogP contribution in [0.4, 0.5) is 9.18 Å². The number of urea groups is 1. The smallest absolute Gasteiger partial charge is 0.314 e. The van der Waals surface area contributed by atoms with Gasteiger partial charge in [0.25, 0.3) is 0 Å². The number of aryl methyl sites for hydroxylation is 1. The molecule has 1 aromatic carbocycles. The van der Waals surface area contributed by atoms with Crippen molar-refractivity contribution in [3.63, 3.8) is 0 Å². The van der Waals surface area contributed by atoms with Crippen molar-refractivity contribution in [3.05, 3.63) is 53.9 Å². The summed E-state index contributed by atoms with van der Waals surface area (Å²) in [6.07, 6.45) is 3.66. The number of benzene rings is 1. The van der Waals surface area contributed by atoms with E-state index in [0.717, 1.165) is 12.4 Å². The molecule has 6 nitrogen and oxygen atoms in total. The standard InChI is InChI=1S/C18H25FN4O2/c1-13(11-23-9-8-20-14(23)2)10-21-17(24)22-12-18(3,25)15-4-6-16(19)7-5-15/h4-9,13,25H,10-12H2,1-3H3,(H2,21,22,24). The lowest BCUT2D eigenvalue weighted by Crippen LogP contribution is -2.44. The number of aromatic nitrogens is 2. The van der Waals surface area contributed by atoms with Gasteiger partial charge in [0, 0.05) is 25.5 Å². The molecule has 0 bridgehead atoms. The Hall–Kier alpha value is -2.41. The number of nitrogens with one attached hydrogen (secondary N) is 2. The average Bonchev–Trinajstić information content (AvgIpc) is 2.96. The van der Waals surface area contributed by atoms with Crippen molar-refractivity contribution in [2.45, 2.75) is 32.9 Å². The molecule has 0 fully saturated rings. The van der Waals surface area contributed by atoms with E-state index in [1.54, 1.807) is 13.1 Å². The Bertz CT molecular complexity index is 697. The predicted molar refractivity (Wildman–Crippen MR) is 93.5 cm³/mol. The quantitative estimate of drug-likeness (QED) is 0.717. The first-order valence-electron chi connectivity index (χ1n) is 8.26. The fourth-order valence-electron chi connectivity index (χ4n) is 2.49. The first kappa shape index (κ1) is 18.9. The summed E-state index contributed by atoms with van der Waals surface area (Å²) in [5, 5.41) is 15.9. The third-order valence-corrected chi connectivity index (χ3v) is 4.10. The Morgan fingerprint density at radius 2 is 2.04 bits per heavy atom. The highest BCUT2D eigenvalue weighted by Gasteiger charge is 2.23. The van der Waals surface area contributed by atoms with Crippen LogP contribution in [0, 0.1) is 18.7 Å². The van der Waals surface area contributed by atoms with Crippen molar-refractivity contribution >= 4 is 6.03 Å². The fraction of sp³-hybridized carbons (Fsp3) is 0.444. The molecule has 2 amide bonds. The number of imidazole rings is 1.